The number of likely N-dealkylation sites (N-methyl/N-ethyl adjacent to an activating group) is 1. The van der Waals surface area contributed by atoms with Crippen molar-refractivity contribution in [3.8, 4) is 0 Å². The quantitative estimate of drug-likeness (QED) is 0.551. The molecule has 0 N–H and O–H groups in total. The molecule has 6 nitrogen and oxygen atoms in total. The molecule has 2 aromatic rings. The van der Waals surface area contributed by atoms with Gasteiger partial charge in [-0.3, -0.25) is 14.4 Å². The molecule has 0 aliphatic carbocycles. The minimum atomic E-state index is -0.298. The van der Waals surface area contributed by atoms with Gasteiger partial charge in [0.15, 0.2) is 0 Å². The van der Waals surface area contributed by atoms with Gasteiger partial charge in [0.2, 0.25) is 11.8 Å². The summed E-state index contributed by atoms with van der Waals surface area (Å²) >= 11 is 3.41. The molecule has 2 aromatic carbocycles. The third-order valence-corrected chi connectivity index (χ3v) is 8.25. The Morgan fingerprint density at radius 1 is 0.972 bits per heavy atom. The molecule has 2 aliphatic rings. The molecule has 2 heterocycles. The molecule has 0 aromatic heterocycles. The molecule has 3 amide bonds. The Labute approximate surface area is 220 Å². The van der Waals surface area contributed by atoms with Gasteiger partial charge < -0.3 is 14.7 Å². The van der Waals surface area contributed by atoms with Crippen molar-refractivity contribution < 1.29 is 18.8 Å². The lowest BCUT2D eigenvalue weighted by atomic mass is 9.82. The number of hydrogen-bond donors (Lipinski definition) is 0. The number of carbonyl (C=O) groups is 3. The van der Waals surface area contributed by atoms with Crippen molar-refractivity contribution in [1.29, 1.82) is 0 Å². The van der Waals surface area contributed by atoms with Gasteiger partial charge in [0.05, 0.1) is 0 Å². The Bertz CT molecular complexity index is 1130. The SMILES string of the molecule is CC(=O)N1CCC(C(=O)N2CC[C@@H](N(C)C(=O)c3ccc(Br)cc3)[C@H](c3ccc(F)cc3C)C2)CC1. The van der Waals surface area contributed by atoms with Crippen LogP contribution in [0, 0.1) is 18.7 Å². The highest BCUT2D eigenvalue weighted by molar-refractivity contribution is 9.10. The summed E-state index contributed by atoms with van der Waals surface area (Å²) in [5.74, 6) is -0.448. The van der Waals surface area contributed by atoms with E-state index < -0.39 is 0 Å². The summed E-state index contributed by atoms with van der Waals surface area (Å²) in [5.41, 5.74) is 2.38. The molecule has 2 saturated heterocycles. The maximum Gasteiger partial charge on any atom is 0.253 e. The van der Waals surface area contributed by atoms with E-state index in [-0.39, 0.29) is 41.4 Å². The van der Waals surface area contributed by atoms with E-state index in [2.05, 4.69) is 15.9 Å². The number of rotatable bonds is 4. The minimum absolute atomic E-state index is 0.0482. The summed E-state index contributed by atoms with van der Waals surface area (Å²) in [6.45, 7) is 5.69. The van der Waals surface area contributed by atoms with Gasteiger partial charge in [-0.1, -0.05) is 22.0 Å². The van der Waals surface area contributed by atoms with Crippen LogP contribution in [0.2, 0.25) is 0 Å². The zero-order valence-electron chi connectivity index (χ0n) is 21.0. The van der Waals surface area contributed by atoms with Crippen LogP contribution in [0.1, 0.15) is 53.6 Å². The van der Waals surface area contributed by atoms with Crippen LogP contribution in [-0.2, 0) is 9.59 Å². The van der Waals surface area contributed by atoms with Gasteiger partial charge in [0, 0.05) is 68.1 Å². The van der Waals surface area contributed by atoms with Crippen molar-refractivity contribution in [3.05, 3.63) is 69.4 Å². The van der Waals surface area contributed by atoms with Gasteiger partial charge in [-0.05, 0) is 73.7 Å². The van der Waals surface area contributed by atoms with E-state index in [4.69, 9.17) is 0 Å². The number of hydrogen-bond acceptors (Lipinski definition) is 3. The van der Waals surface area contributed by atoms with Crippen LogP contribution in [0.5, 0.6) is 0 Å². The highest BCUT2D eigenvalue weighted by Crippen LogP contribution is 2.35. The van der Waals surface area contributed by atoms with Crippen LogP contribution < -0.4 is 0 Å². The molecule has 0 saturated carbocycles. The summed E-state index contributed by atoms with van der Waals surface area (Å²) in [5, 5.41) is 0. The van der Waals surface area contributed by atoms with E-state index >= 15 is 0 Å². The number of carbonyl (C=O) groups excluding carboxylic acids is 3. The predicted octanol–water partition coefficient (Wildman–Crippen LogP) is 4.61. The van der Waals surface area contributed by atoms with Gasteiger partial charge in [-0.15, -0.1) is 0 Å². The number of amides is 3. The summed E-state index contributed by atoms with van der Waals surface area (Å²) in [7, 11) is 1.82. The first kappa shape index (κ1) is 26.3. The minimum Gasteiger partial charge on any atom is -0.343 e. The monoisotopic (exact) mass is 557 g/mol. The zero-order chi connectivity index (χ0) is 26.0. The van der Waals surface area contributed by atoms with E-state index in [1.54, 1.807) is 34.9 Å². The summed E-state index contributed by atoms with van der Waals surface area (Å²) in [6, 6.07) is 11.9. The predicted molar refractivity (Wildman–Crippen MR) is 140 cm³/mol. The van der Waals surface area contributed by atoms with Gasteiger partial charge in [-0.2, -0.15) is 0 Å². The fourth-order valence-electron chi connectivity index (χ4n) is 5.61. The van der Waals surface area contributed by atoms with Gasteiger partial charge in [-0.25, -0.2) is 4.39 Å². The van der Waals surface area contributed by atoms with Crippen LogP contribution >= 0.6 is 15.9 Å². The first-order chi connectivity index (χ1) is 17.2. The van der Waals surface area contributed by atoms with Crippen molar-refractivity contribution in [1.82, 2.24) is 14.7 Å². The highest BCUT2D eigenvalue weighted by atomic mass is 79.9. The fraction of sp³-hybridized carbons (Fsp3) is 0.464. The molecule has 36 heavy (non-hydrogen) atoms. The van der Waals surface area contributed by atoms with Crippen LogP contribution in [-0.4, -0.2) is 71.7 Å². The first-order valence-electron chi connectivity index (χ1n) is 12.5. The van der Waals surface area contributed by atoms with E-state index in [9.17, 15) is 18.8 Å². The Kier molecular flexibility index (Phi) is 8.13. The fourth-order valence-corrected chi connectivity index (χ4v) is 5.87. The molecule has 0 spiro atoms. The first-order valence-corrected chi connectivity index (χ1v) is 13.3. The van der Waals surface area contributed by atoms with Crippen molar-refractivity contribution in [2.75, 3.05) is 33.2 Å². The maximum absolute atomic E-state index is 13.9. The lowest BCUT2D eigenvalue weighted by Gasteiger charge is -2.44. The second-order valence-electron chi connectivity index (χ2n) is 9.95. The standard InChI is InChI=1S/C28H33BrFN3O3/c1-18-16-23(30)8-9-24(18)25-17-33(28(36)21-10-13-32(14-11-21)19(2)34)15-12-26(25)31(3)27(35)20-4-6-22(29)7-5-20/h4-9,16,21,25-26H,10-15,17H2,1-3H3/t25-,26+/m0/s1. The number of nitrogens with zero attached hydrogens (tertiary/aromatic N) is 3. The molecule has 2 atom stereocenters. The zero-order valence-corrected chi connectivity index (χ0v) is 22.6. The number of benzene rings is 2. The van der Waals surface area contributed by atoms with Gasteiger partial charge >= 0.3 is 0 Å². The topological polar surface area (TPSA) is 60.9 Å². The molecule has 192 valence electrons. The lowest BCUT2D eigenvalue weighted by Crippen LogP contribution is -2.53. The van der Waals surface area contributed by atoms with Gasteiger partial charge in [0.25, 0.3) is 5.91 Å². The van der Waals surface area contributed by atoms with E-state index in [1.807, 2.05) is 31.0 Å². The summed E-state index contributed by atoms with van der Waals surface area (Å²) in [4.78, 5) is 44.0. The van der Waals surface area contributed by atoms with E-state index in [0.717, 1.165) is 15.6 Å². The van der Waals surface area contributed by atoms with Crippen LogP contribution in [0.25, 0.3) is 0 Å². The molecule has 0 bridgehead atoms. The van der Waals surface area contributed by atoms with E-state index in [1.165, 1.54) is 12.1 Å². The summed E-state index contributed by atoms with van der Waals surface area (Å²) in [6.07, 6.45) is 1.97. The van der Waals surface area contributed by atoms with Crippen LogP contribution in [0.4, 0.5) is 4.39 Å². The molecule has 0 radical (unpaired) electrons. The number of likely N-dealkylation sites (tertiary alicyclic amines) is 2. The number of piperidine rings is 2. The maximum atomic E-state index is 13.9. The Hall–Kier alpha value is -2.74. The van der Waals surface area contributed by atoms with Crippen molar-refractivity contribution in [2.45, 2.75) is 45.1 Å². The average Bonchev–Trinajstić information content (AvgIpc) is 2.87. The third kappa shape index (κ3) is 5.64. The average molecular weight is 558 g/mol. The second kappa shape index (κ2) is 11.1. The van der Waals surface area contributed by atoms with Crippen molar-refractivity contribution >= 4 is 33.7 Å². The summed E-state index contributed by atoms with van der Waals surface area (Å²) < 4.78 is 14.8. The number of aryl methyl sites for hydroxylation is 1. The molecule has 8 heteroatoms. The molecule has 2 fully saturated rings. The smallest absolute Gasteiger partial charge is 0.253 e. The van der Waals surface area contributed by atoms with Gasteiger partial charge in [0.1, 0.15) is 5.82 Å². The molecular formula is C28H33BrFN3O3. The van der Waals surface area contributed by atoms with Crippen LogP contribution in [0.15, 0.2) is 46.9 Å². The van der Waals surface area contributed by atoms with E-state index in [0.29, 0.717) is 51.0 Å². The second-order valence-corrected chi connectivity index (χ2v) is 10.9. The third-order valence-electron chi connectivity index (χ3n) is 7.72. The lowest BCUT2D eigenvalue weighted by molar-refractivity contribution is -0.141. The Morgan fingerprint density at radius 3 is 2.22 bits per heavy atom. The van der Waals surface area contributed by atoms with Crippen molar-refractivity contribution in [3.63, 3.8) is 0 Å². The molecule has 4 rings (SSSR count). The Balaban J connectivity index is 1.56. The number of halogens is 2. The normalized spacial score (nSPS) is 20.8. The molecular weight excluding hydrogens is 525 g/mol. The van der Waals surface area contributed by atoms with Crippen molar-refractivity contribution in [2.24, 2.45) is 5.92 Å². The molecule has 0 unspecified atom stereocenters. The van der Waals surface area contributed by atoms with Crippen LogP contribution in [0.3, 0.4) is 0 Å². The largest absolute Gasteiger partial charge is 0.343 e. The molecule has 2 aliphatic heterocycles. The Morgan fingerprint density at radius 2 is 1.61 bits per heavy atom. The highest BCUT2D eigenvalue weighted by Gasteiger charge is 2.39.